The average Bonchev–Trinajstić information content (AvgIpc) is 3.02. The number of aromatic nitrogens is 3. The van der Waals surface area contributed by atoms with Crippen molar-refractivity contribution in [3.8, 4) is 5.88 Å². The molecule has 2 N–H and O–H groups in total. The molecule has 1 unspecified atom stereocenters. The molecule has 28 heavy (non-hydrogen) atoms. The molecular formula is C18H20ClN5O3S. The van der Waals surface area contributed by atoms with Gasteiger partial charge in [-0.15, -0.1) is 0 Å². The number of aryl methyl sites for hydroxylation is 1. The monoisotopic (exact) mass is 421 g/mol. The minimum Gasteiger partial charge on any atom is -0.480 e. The van der Waals surface area contributed by atoms with E-state index in [1.54, 1.807) is 12.3 Å². The number of thiazole rings is 1. The first-order chi connectivity index (χ1) is 13.4. The Hall–Kier alpha value is -2.49. The van der Waals surface area contributed by atoms with E-state index in [9.17, 15) is 4.79 Å². The Morgan fingerprint density at radius 2 is 2.11 bits per heavy atom. The van der Waals surface area contributed by atoms with Gasteiger partial charge in [-0.05, 0) is 26.8 Å². The zero-order valence-corrected chi connectivity index (χ0v) is 17.4. The predicted octanol–water partition coefficient (Wildman–Crippen LogP) is 4.80. The molecule has 148 valence electrons. The normalized spacial score (nSPS) is 12.0. The third-order valence-electron chi connectivity index (χ3n) is 3.90. The molecule has 8 nitrogen and oxygen atoms in total. The Labute approximate surface area is 171 Å². The summed E-state index contributed by atoms with van der Waals surface area (Å²) in [5, 5.41) is 6.71. The molecule has 0 aliphatic heterocycles. The highest BCUT2D eigenvalue weighted by Gasteiger charge is 2.20. The van der Waals surface area contributed by atoms with Crippen LogP contribution in [-0.4, -0.2) is 34.7 Å². The first-order valence-corrected chi connectivity index (χ1v) is 9.77. The summed E-state index contributed by atoms with van der Waals surface area (Å²) in [5.74, 6) is 0.286. The second-order valence-corrected chi connectivity index (χ2v) is 7.45. The second kappa shape index (κ2) is 8.68. The van der Waals surface area contributed by atoms with Crippen LogP contribution in [0.3, 0.4) is 0 Å². The molecule has 0 aliphatic carbocycles. The summed E-state index contributed by atoms with van der Waals surface area (Å²) in [6.45, 7) is 6.29. The van der Waals surface area contributed by atoms with Crippen molar-refractivity contribution in [2.24, 2.45) is 0 Å². The van der Waals surface area contributed by atoms with E-state index in [1.807, 2.05) is 20.8 Å². The van der Waals surface area contributed by atoms with Crippen molar-refractivity contribution in [2.45, 2.75) is 26.9 Å². The van der Waals surface area contributed by atoms with Crippen molar-refractivity contribution in [1.29, 1.82) is 0 Å². The molecule has 0 fully saturated rings. The van der Waals surface area contributed by atoms with Gasteiger partial charge in [-0.2, -0.15) is 0 Å². The van der Waals surface area contributed by atoms with Gasteiger partial charge in [0.05, 0.1) is 42.0 Å². The Morgan fingerprint density at radius 3 is 2.79 bits per heavy atom. The van der Waals surface area contributed by atoms with Gasteiger partial charge in [0.25, 0.3) is 0 Å². The van der Waals surface area contributed by atoms with Crippen molar-refractivity contribution in [3.63, 3.8) is 0 Å². The van der Waals surface area contributed by atoms with Gasteiger partial charge < -0.3 is 20.1 Å². The summed E-state index contributed by atoms with van der Waals surface area (Å²) in [6.07, 6.45) is 2.81. The van der Waals surface area contributed by atoms with Gasteiger partial charge in [0, 0.05) is 12.2 Å². The highest BCUT2D eigenvalue weighted by molar-refractivity contribution is 7.18. The van der Waals surface area contributed by atoms with E-state index in [0.29, 0.717) is 23.0 Å². The molecule has 0 spiro atoms. The molecular weight excluding hydrogens is 402 g/mol. The van der Waals surface area contributed by atoms with Crippen LogP contribution in [-0.2, 0) is 4.74 Å². The number of carbonyl (C=O) groups is 1. The van der Waals surface area contributed by atoms with Crippen molar-refractivity contribution in [2.75, 3.05) is 24.4 Å². The van der Waals surface area contributed by atoms with Crippen molar-refractivity contribution in [3.05, 3.63) is 34.1 Å². The summed E-state index contributed by atoms with van der Waals surface area (Å²) in [5.41, 5.74) is 2.48. The Kier molecular flexibility index (Phi) is 6.28. The average molecular weight is 422 g/mol. The maximum absolute atomic E-state index is 12.5. The predicted molar refractivity (Wildman–Crippen MR) is 111 cm³/mol. The highest BCUT2D eigenvalue weighted by atomic mass is 35.5. The number of urea groups is 1. The number of hydrogen-bond donors (Lipinski definition) is 2. The zero-order valence-electron chi connectivity index (χ0n) is 15.9. The number of methoxy groups -OCH3 is 1. The number of nitrogens with one attached hydrogen (secondary N) is 2. The van der Waals surface area contributed by atoms with Gasteiger partial charge in [0.1, 0.15) is 15.4 Å². The molecule has 0 bridgehead atoms. The van der Waals surface area contributed by atoms with Crippen molar-refractivity contribution >= 4 is 50.7 Å². The van der Waals surface area contributed by atoms with Gasteiger partial charge in [0.2, 0.25) is 5.88 Å². The third kappa shape index (κ3) is 4.32. The van der Waals surface area contributed by atoms with Gasteiger partial charge in [-0.25, -0.2) is 19.7 Å². The molecule has 0 saturated heterocycles. The van der Waals surface area contributed by atoms with Crippen LogP contribution in [0.15, 0.2) is 18.5 Å². The lowest BCUT2D eigenvalue weighted by Gasteiger charge is -2.17. The van der Waals surface area contributed by atoms with E-state index in [1.165, 1.54) is 24.6 Å². The van der Waals surface area contributed by atoms with E-state index >= 15 is 0 Å². The quantitative estimate of drug-likeness (QED) is 0.593. The fraction of sp³-hybridized carbons (Fsp3) is 0.333. The second-order valence-electron chi connectivity index (χ2n) is 5.86. The lowest BCUT2D eigenvalue weighted by atomic mass is 10.1. The number of carbonyl (C=O) groups excluding carboxylic acids is 1. The maximum Gasteiger partial charge on any atom is 0.323 e. The Morgan fingerprint density at radius 1 is 1.32 bits per heavy atom. The number of ether oxygens (including phenoxy) is 2. The molecule has 2 amide bonds. The van der Waals surface area contributed by atoms with E-state index in [4.69, 9.17) is 21.1 Å². The van der Waals surface area contributed by atoms with Crippen LogP contribution in [0.1, 0.15) is 30.5 Å². The van der Waals surface area contributed by atoms with Crippen LogP contribution in [0.4, 0.5) is 16.2 Å². The number of fused-ring (bicyclic) bond motifs is 1. The van der Waals surface area contributed by atoms with Gasteiger partial charge >= 0.3 is 6.03 Å². The molecule has 3 rings (SSSR count). The first kappa shape index (κ1) is 20.2. The Balaban J connectivity index is 1.87. The third-order valence-corrected chi connectivity index (χ3v) is 5.05. The van der Waals surface area contributed by atoms with Gasteiger partial charge in [-0.3, -0.25) is 0 Å². The number of amides is 2. The molecule has 10 heteroatoms. The molecule has 3 aromatic heterocycles. The molecule has 0 radical (unpaired) electrons. The topological polar surface area (TPSA) is 98.3 Å². The van der Waals surface area contributed by atoms with Crippen molar-refractivity contribution < 1.29 is 14.3 Å². The number of halogens is 1. The van der Waals surface area contributed by atoms with E-state index < -0.39 is 6.03 Å². The number of anilines is 2. The number of pyridine rings is 2. The number of nitrogens with zero attached hydrogens (tertiary/aromatic N) is 3. The summed E-state index contributed by atoms with van der Waals surface area (Å²) < 4.78 is 10.8. The highest BCUT2D eigenvalue weighted by Crippen LogP contribution is 2.34. The van der Waals surface area contributed by atoms with Crippen LogP contribution in [0.5, 0.6) is 5.88 Å². The molecule has 1 atom stereocenters. The molecule has 0 saturated carbocycles. The lowest BCUT2D eigenvalue weighted by molar-refractivity contribution is 0.0777. The standard InChI is InChI=1S/C18H20ClN5O3S/c1-5-27-9(2)14-13(8-21-17-15(14)22-10(3)28-17)24-18(25)23-11-6-12(19)16(26-4)20-7-11/h6-9H,5H2,1-4H3,(H2,23,24,25). The minimum atomic E-state index is -0.457. The summed E-state index contributed by atoms with van der Waals surface area (Å²) in [6, 6.07) is 1.10. The largest absolute Gasteiger partial charge is 0.480 e. The van der Waals surface area contributed by atoms with Crippen molar-refractivity contribution in [1.82, 2.24) is 15.0 Å². The molecule has 0 aromatic carbocycles. The molecule has 3 aromatic rings. The van der Waals surface area contributed by atoms with Crippen LogP contribution >= 0.6 is 22.9 Å². The van der Waals surface area contributed by atoms with Gasteiger partial charge in [0.15, 0.2) is 0 Å². The fourth-order valence-corrected chi connectivity index (χ4v) is 3.79. The van der Waals surface area contributed by atoms with Crippen LogP contribution in [0.25, 0.3) is 10.3 Å². The Bertz CT molecular complexity index is 1010. The minimum absolute atomic E-state index is 0.260. The van der Waals surface area contributed by atoms with E-state index in [2.05, 4.69) is 25.6 Å². The molecule has 0 aliphatic rings. The van der Waals surface area contributed by atoms with E-state index in [-0.39, 0.29) is 12.0 Å². The fourth-order valence-electron chi connectivity index (χ4n) is 2.77. The number of rotatable bonds is 6. The lowest BCUT2D eigenvalue weighted by Crippen LogP contribution is -2.21. The summed E-state index contributed by atoms with van der Waals surface area (Å²) in [4.78, 5) is 26.3. The first-order valence-electron chi connectivity index (χ1n) is 8.58. The smallest absolute Gasteiger partial charge is 0.323 e. The summed E-state index contributed by atoms with van der Waals surface area (Å²) >= 11 is 7.55. The summed E-state index contributed by atoms with van der Waals surface area (Å²) in [7, 11) is 1.47. The molecule has 3 heterocycles. The van der Waals surface area contributed by atoms with E-state index in [0.717, 1.165) is 20.9 Å². The van der Waals surface area contributed by atoms with Crippen LogP contribution < -0.4 is 15.4 Å². The SMILES string of the molecule is CCOC(C)c1c(NC(=O)Nc2cnc(OC)c(Cl)c2)cnc2sc(C)nc12. The maximum atomic E-state index is 12.5. The zero-order chi connectivity index (χ0) is 20.3. The number of hydrogen-bond acceptors (Lipinski definition) is 7. The van der Waals surface area contributed by atoms with Gasteiger partial charge in [-0.1, -0.05) is 22.9 Å². The van der Waals surface area contributed by atoms with Crippen LogP contribution in [0, 0.1) is 6.92 Å². The van der Waals surface area contributed by atoms with Crippen LogP contribution in [0.2, 0.25) is 5.02 Å².